The van der Waals surface area contributed by atoms with Crippen LogP contribution in [0.2, 0.25) is 0 Å². The Hall–Kier alpha value is -2.55. The number of H-pyrrole nitrogens is 1. The van der Waals surface area contributed by atoms with E-state index in [4.69, 9.17) is 11.0 Å². The number of rotatable bonds is 3. The summed E-state index contributed by atoms with van der Waals surface area (Å²) in [5.41, 5.74) is 7.43. The van der Waals surface area contributed by atoms with E-state index in [2.05, 4.69) is 20.5 Å². The summed E-state index contributed by atoms with van der Waals surface area (Å²) in [6.07, 6.45) is 1.44. The third kappa shape index (κ3) is 1.93. The second-order valence-electron chi connectivity index (χ2n) is 3.16. The summed E-state index contributed by atoms with van der Waals surface area (Å²) < 4.78 is 0. The maximum absolute atomic E-state index is 8.81. The number of nitrogen functional groups attached to an aromatic ring is 1. The van der Waals surface area contributed by atoms with Crippen LogP contribution in [0.1, 0.15) is 11.4 Å². The Morgan fingerprint density at radius 1 is 1.50 bits per heavy atom. The minimum Gasteiger partial charge on any atom is -0.396 e. The van der Waals surface area contributed by atoms with Crippen molar-refractivity contribution in [3.8, 4) is 6.07 Å². The minimum absolute atomic E-state index is 0.449. The number of aromatic amines is 1. The van der Waals surface area contributed by atoms with E-state index in [9.17, 15) is 0 Å². The molecule has 4 N–H and O–H groups in total. The van der Waals surface area contributed by atoms with Gasteiger partial charge in [0.1, 0.15) is 18.2 Å². The monoisotopic (exact) mass is 214 g/mol. The van der Waals surface area contributed by atoms with Crippen LogP contribution in [0.15, 0.2) is 24.5 Å². The van der Waals surface area contributed by atoms with E-state index in [0.29, 0.717) is 23.6 Å². The molecular weight excluding hydrogens is 204 g/mol. The summed E-state index contributed by atoms with van der Waals surface area (Å²) in [4.78, 5) is 3.97. The summed E-state index contributed by atoms with van der Waals surface area (Å²) in [6.45, 7) is 0.485. The van der Waals surface area contributed by atoms with Gasteiger partial charge in [-0.15, -0.1) is 0 Å². The van der Waals surface area contributed by atoms with Gasteiger partial charge in [0.05, 0.1) is 23.5 Å². The van der Waals surface area contributed by atoms with E-state index in [-0.39, 0.29) is 0 Å². The fourth-order valence-corrected chi connectivity index (χ4v) is 1.31. The highest BCUT2D eigenvalue weighted by Crippen LogP contribution is 2.22. The molecule has 1 heterocycles. The number of anilines is 2. The van der Waals surface area contributed by atoms with Crippen molar-refractivity contribution in [3.63, 3.8) is 0 Å². The summed E-state index contributed by atoms with van der Waals surface area (Å²) in [7, 11) is 0. The number of nitrogens with zero attached hydrogens (tertiary/aromatic N) is 3. The quantitative estimate of drug-likeness (QED) is 0.658. The van der Waals surface area contributed by atoms with Crippen LogP contribution >= 0.6 is 0 Å². The van der Waals surface area contributed by atoms with Crippen molar-refractivity contribution in [2.75, 3.05) is 11.1 Å². The SMILES string of the molecule is N#Cc1cccc(NCc2ncn[nH]2)c1N. The summed E-state index contributed by atoms with van der Waals surface area (Å²) >= 11 is 0. The van der Waals surface area contributed by atoms with Crippen LogP contribution in [0.5, 0.6) is 0 Å². The number of benzene rings is 1. The summed E-state index contributed by atoms with van der Waals surface area (Å²) in [5, 5.41) is 18.3. The van der Waals surface area contributed by atoms with Gasteiger partial charge >= 0.3 is 0 Å². The lowest BCUT2D eigenvalue weighted by molar-refractivity contribution is 0.955. The first kappa shape index (κ1) is 9.98. The molecule has 0 unspecified atom stereocenters. The molecule has 6 heteroatoms. The lowest BCUT2D eigenvalue weighted by Crippen LogP contribution is -2.04. The van der Waals surface area contributed by atoms with Crippen molar-refractivity contribution < 1.29 is 0 Å². The second-order valence-corrected chi connectivity index (χ2v) is 3.16. The van der Waals surface area contributed by atoms with Crippen molar-refractivity contribution in [1.82, 2.24) is 15.2 Å². The van der Waals surface area contributed by atoms with Crippen LogP contribution in [0, 0.1) is 11.3 Å². The highest BCUT2D eigenvalue weighted by Gasteiger charge is 2.04. The zero-order valence-corrected chi connectivity index (χ0v) is 8.44. The number of aromatic nitrogens is 3. The van der Waals surface area contributed by atoms with Gasteiger partial charge in [-0.2, -0.15) is 10.4 Å². The predicted octanol–water partition coefficient (Wildman–Crippen LogP) is 0.871. The van der Waals surface area contributed by atoms with Gasteiger partial charge in [-0.05, 0) is 12.1 Å². The van der Waals surface area contributed by atoms with Gasteiger partial charge in [0.2, 0.25) is 0 Å². The number of nitrogens with one attached hydrogen (secondary N) is 2. The molecule has 0 aliphatic rings. The van der Waals surface area contributed by atoms with Crippen LogP contribution in [0.25, 0.3) is 0 Å². The van der Waals surface area contributed by atoms with Gasteiger partial charge in [-0.1, -0.05) is 6.07 Å². The molecule has 0 saturated heterocycles. The first-order chi connectivity index (χ1) is 7.81. The van der Waals surface area contributed by atoms with E-state index in [1.165, 1.54) is 6.33 Å². The topological polar surface area (TPSA) is 103 Å². The lowest BCUT2D eigenvalue weighted by atomic mass is 10.1. The standard InChI is InChI=1S/C10H10N6/c11-4-7-2-1-3-8(10(7)12)13-5-9-14-6-15-16-9/h1-3,6,13H,5,12H2,(H,14,15,16). The van der Waals surface area contributed by atoms with Gasteiger partial charge in [0.25, 0.3) is 0 Å². The smallest absolute Gasteiger partial charge is 0.143 e. The molecule has 16 heavy (non-hydrogen) atoms. The Balaban J connectivity index is 2.13. The number of hydrogen-bond donors (Lipinski definition) is 3. The molecule has 0 radical (unpaired) electrons. The van der Waals surface area contributed by atoms with Crippen molar-refractivity contribution >= 4 is 11.4 Å². The molecule has 1 aromatic heterocycles. The van der Waals surface area contributed by atoms with Gasteiger partial charge < -0.3 is 11.1 Å². The third-order valence-electron chi connectivity index (χ3n) is 2.14. The van der Waals surface area contributed by atoms with Gasteiger partial charge in [-0.25, -0.2) is 4.98 Å². The Morgan fingerprint density at radius 2 is 2.38 bits per heavy atom. The van der Waals surface area contributed by atoms with E-state index in [1.54, 1.807) is 12.1 Å². The van der Waals surface area contributed by atoms with Crippen LogP contribution in [-0.2, 0) is 6.54 Å². The third-order valence-corrected chi connectivity index (χ3v) is 2.14. The lowest BCUT2D eigenvalue weighted by Gasteiger charge is -2.08. The van der Waals surface area contributed by atoms with E-state index in [0.717, 1.165) is 5.69 Å². The van der Waals surface area contributed by atoms with Crippen molar-refractivity contribution in [2.24, 2.45) is 0 Å². The molecule has 0 aliphatic heterocycles. The van der Waals surface area contributed by atoms with Gasteiger partial charge in [-0.3, -0.25) is 5.10 Å². The number of hydrogen-bond acceptors (Lipinski definition) is 5. The minimum atomic E-state index is 0.449. The van der Waals surface area contributed by atoms with Crippen molar-refractivity contribution in [1.29, 1.82) is 5.26 Å². The zero-order valence-electron chi connectivity index (χ0n) is 8.44. The summed E-state index contributed by atoms with van der Waals surface area (Å²) in [6, 6.07) is 7.29. The molecular formula is C10H10N6. The average Bonchev–Trinajstić information content (AvgIpc) is 2.81. The van der Waals surface area contributed by atoms with E-state index >= 15 is 0 Å². The first-order valence-corrected chi connectivity index (χ1v) is 4.68. The zero-order chi connectivity index (χ0) is 11.4. The molecule has 6 nitrogen and oxygen atoms in total. The maximum atomic E-state index is 8.81. The highest BCUT2D eigenvalue weighted by molar-refractivity contribution is 5.72. The van der Waals surface area contributed by atoms with Crippen molar-refractivity contribution in [2.45, 2.75) is 6.54 Å². The van der Waals surface area contributed by atoms with E-state index < -0.39 is 0 Å². The highest BCUT2D eigenvalue weighted by atomic mass is 15.2. The van der Waals surface area contributed by atoms with Crippen LogP contribution < -0.4 is 11.1 Å². The van der Waals surface area contributed by atoms with Gasteiger partial charge in [0, 0.05) is 0 Å². The molecule has 0 amide bonds. The fraction of sp³-hybridized carbons (Fsp3) is 0.100. The van der Waals surface area contributed by atoms with Crippen LogP contribution in [0.4, 0.5) is 11.4 Å². The van der Waals surface area contributed by atoms with Gasteiger partial charge in [0.15, 0.2) is 0 Å². The molecule has 2 rings (SSSR count). The molecule has 1 aromatic carbocycles. The number of nitriles is 1. The Kier molecular flexibility index (Phi) is 2.69. The number of nitrogens with two attached hydrogens (primary N) is 1. The fourth-order valence-electron chi connectivity index (χ4n) is 1.31. The van der Waals surface area contributed by atoms with Crippen molar-refractivity contribution in [3.05, 3.63) is 35.9 Å². The predicted molar refractivity (Wildman–Crippen MR) is 59.3 cm³/mol. The molecule has 0 bridgehead atoms. The molecule has 0 aliphatic carbocycles. The molecule has 0 saturated carbocycles. The summed E-state index contributed by atoms with van der Waals surface area (Å²) in [5.74, 6) is 0.710. The Labute approximate surface area is 92.1 Å². The normalized spacial score (nSPS) is 9.69. The van der Waals surface area contributed by atoms with E-state index in [1.807, 2.05) is 12.1 Å². The largest absolute Gasteiger partial charge is 0.396 e. The number of para-hydroxylation sites is 1. The van der Waals surface area contributed by atoms with Crippen LogP contribution in [0.3, 0.4) is 0 Å². The first-order valence-electron chi connectivity index (χ1n) is 4.68. The Morgan fingerprint density at radius 3 is 3.06 bits per heavy atom. The average molecular weight is 214 g/mol. The molecule has 0 atom stereocenters. The Bertz CT molecular complexity index is 511. The molecule has 80 valence electrons. The molecule has 0 fully saturated rings. The molecule has 0 spiro atoms. The van der Waals surface area contributed by atoms with Crippen LogP contribution in [-0.4, -0.2) is 15.2 Å². The molecule has 2 aromatic rings. The second kappa shape index (κ2) is 4.31. The maximum Gasteiger partial charge on any atom is 0.143 e.